The molecular formula is C21H26N4O4. The number of aromatic nitrogens is 2. The molecule has 0 aliphatic carbocycles. The minimum atomic E-state index is -0.876. The van der Waals surface area contributed by atoms with E-state index in [1.165, 1.54) is 0 Å². The van der Waals surface area contributed by atoms with E-state index >= 15 is 0 Å². The molecular weight excluding hydrogens is 372 g/mol. The summed E-state index contributed by atoms with van der Waals surface area (Å²) >= 11 is 0. The molecule has 1 spiro atoms. The minimum Gasteiger partial charge on any atom is -0.388 e. The summed E-state index contributed by atoms with van der Waals surface area (Å²) in [6.45, 7) is 3.29. The third-order valence-electron chi connectivity index (χ3n) is 6.20. The van der Waals surface area contributed by atoms with Crippen molar-refractivity contribution in [2.45, 2.75) is 43.4 Å². The Kier molecular flexibility index (Phi) is 5.14. The van der Waals surface area contributed by atoms with E-state index < -0.39 is 17.2 Å². The van der Waals surface area contributed by atoms with Crippen molar-refractivity contribution in [3.8, 4) is 0 Å². The Balaban J connectivity index is 1.45. The van der Waals surface area contributed by atoms with Crippen LogP contribution in [0, 0.1) is 0 Å². The van der Waals surface area contributed by atoms with Crippen molar-refractivity contribution in [3.63, 3.8) is 0 Å². The molecule has 0 saturated carbocycles. The molecule has 0 aromatic carbocycles. The quantitative estimate of drug-likeness (QED) is 0.724. The van der Waals surface area contributed by atoms with Gasteiger partial charge in [-0.15, -0.1) is 0 Å². The van der Waals surface area contributed by atoms with Gasteiger partial charge in [-0.25, -0.2) is 0 Å². The van der Waals surface area contributed by atoms with Crippen LogP contribution in [0.25, 0.3) is 0 Å². The lowest BCUT2D eigenvalue weighted by Crippen LogP contribution is -2.69. The Morgan fingerprint density at radius 2 is 1.93 bits per heavy atom. The van der Waals surface area contributed by atoms with Crippen molar-refractivity contribution in [2.75, 3.05) is 19.7 Å². The van der Waals surface area contributed by atoms with E-state index in [1.807, 2.05) is 6.92 Å². The maximum atomic E-state index is 12.7. The molecule has 29 heavy (non-hydrogen) atoms. The van der Waals surface area contributed by atoms with Gasteiger partial charge in [0.05, 0.1) is 16.7 Å². The third-order valence-corrected chi connectivity index (χ3v) is 6.20. The van der Waals surface area contributed by atoms with E-state index in [9.17, 15) is 14.7 Å². The van der Waals surface area contributed by atoms with Crippen LogP contribution < -0.4 is 5.32 Å². The van der Waals surface area contributed by atoms with Crippen molar-refractivity contribution in [2.24, 2.45) is 0 Å². The van der Waals surface area contributed by atoms with Crippen LogP contribution in [0.4, 0.5) is 0 Å². The van der Waals surface area contributed by atoms with E-state index in [0.29, 0.717) is 50.1 Å². The summed E-state index contributed by atoms with van der Waals surface area (Å²) in [5, 5.41) is 14.3. The molecule has 2 atom stereocenters. The lowest BCUT2D eigenvalue weighted by Gasteiger charge is -2.53. The van der Waals surface area contributed by atoms with Gasteiger partial charge in [-0.2, -0.15) is 0 Å². The SMILES string of the molecule is C[C@@]1(NC(=O)c2ccncc2)CCOC2(CCN(C(=O)c3cc[nH]c3)CC2)[C@H]1O. The Morgan fingerprint density at radius 1 is 1.21 bits per heavy atom. The first kappa shape index (κ1) is 19.6. The predicted octanol–water partition coefficient (Wildman–Crippen LogP) is 1.35. The highest BCUT2D eigenvalue weighted by molar-refractivity contribution is 5.95. The first-order valence-electron chi connectivity index (χ1n) is 9.90. The van der Waals surface area contributed by atoms with E-state index in [0.717, 1.165) is 0 Å². The molecule has 8 heteroatoms. The Morgan fingerprint density at radius 3 is 2.59 bits per heavy atom. The number of rotatable bonds is 3. The second-order valence-electron chi connectivity index (χ2n) is 8.07. The number of ether oxygens (including phenoxy) is 1. The summed E-state index contributed by atoms with van der Waals surface area (Å²) in [6.07, 6.45) is 7.22. The molecule has 2 amide bonds. The normalized spacial score (nSPS) is 26.3. The number of carbonyl (C=O) groups is 2. The number of nitrogens with zero attached hydrogens (tertiary/aromatic N) is 2. The average molecular weight is 398 g/mol. The third kappa shape index (κ3) is 3.65. The minimum absolute atomic E-state index is 0.0276. The average Bonchev–Trinajstić information content (AvgIpc) is 3.28. The van der Waals surface area contributed by atoms with Crippen molar-refractivity contribution < 1.29 is 19.4 Å². The summed E-state index contributed by atoms with van der Waals surface area (Å²) in [5.41, 5.74) is -0.458. The smallest absolute Gasteiger partial charge is 0.255 e. The molecule has 2 fully saturated rings. The fourth-order valence-corrected chi connectivity index (χ4v) is 4.37. The molecule has 0 bridgehead atoms. The molecule has 4 heterocycles. The molecule has 0 unspecified atom stereocenters. The summed E-state index contributed by atoms with van der Waals surface area (Å²) in [7, 11) is 0. The first-order chi connectivity index (χ1) is 13.9. The molecule has 154 valence electrons. The number of aliphatic hydroxyl groups is 1. The van der Waals surface area contributed by atoms with Crippen LogP contribution in [0.15, 0.2) is 43.0 Å². The highest BCUT2D eigenvalue weighted by atomic mass is 16.5. The molecule has 8 nitrogen and oxygen atoms in total. The molecule has 2 aromatic heterocycles. The number of amides is 2. The van der Waals surface area contributed by atoms with Crippen LogP contribution in [0.3, 0.4) is 0 Å². The van der Waals surface area contributed by atoms with Gasteiger partial charge in [0.15, 0.2) is 0 Å². The number of aromatic amines is 1. The molecule has 0 radical (unpaired) electrons. The number of nitrogens with one attached hydrogen (secondary N) is 2. The molecule has 2 saturated heterocycles. The van der Waals surface area contributed by atoms with Gasteiger partial charge in [-0.1, -0.05) is 0 Å². The molecule has 2 aliphatic heterocycles. The Hall–Kier alpha value is -2.71. The molecule has 4 rings (SSSR count). The Bertz CT molecular complexity index is 862. The first-order valence-corrected chi connectivity index (χ1v) is 9.90. The lowest BCUT2D eigenvalue weighted by molar-refractivity contribution is -0.203. The van der Waals surface area contributed by atoms with E-state index in [1.54, 1.807) is 47.9 Å². The number of hydrogen-bond acceptors (Lipinski definition) is 5. The van der Waals surface area contributed by atoms with Crippen LogP contribution in [-0.4, -0.2) is 68.7 Å². The van der Waals surface area contributed by atoms with E-state index in [4.69, 9.17) is 4.74 Å². The van der Waals surface area contributed by atoms with Crippen molar-refractivity contribution in [1.82, 2.24) is 20.2 Å². The fraction of sp³-hybridized carbons (Fsp3) is 0.476. The maximum Gasteiger partial charge on any atom is 0.255 e. The highest BCUT2D eigenvalue weighted by Crippen LogP contribution is 2.40. The van der Waals surface area contributed by atoms with Gasteiger partial charge in [0.1, 0.15) is 6.10 Å². The van der Waals surface area contributed by atoms with Gasteiger partial charge in [0, 0.05) is 50.0 Å². The zero-order valence-corrected chi connectivity index (χ0v) is 16.4. The van der Waals surface area contributed by atoms with Crippen LogP contribution in [0.5, 0.6) is 0 Å². The zero-order valence-electron chi connectivity index (χ0n) is 16.4. The number of pyridine rings is 1. The van der Waals surface area contributed by atoms with E-state index in [-0.39, 0.29) is 11.8 Å². The van der Waals surface area contributed by atoms with Gasteiger partial charge in [-0.3, -0.25) is 14.6 Å². The summed E-state index contributed by atoms with van der Waals surface area (Å²) in [5.74, 6) is -0.272. The van der Waals surface area contributed by atoms with Crippen LogP contribution >= 0.6 is 0 Å². The van der Waals surface area contributed by atoms with Crippen molar-refractivity contribution in [3.05, 3.63) is 54.1 Å². The summed E-state index contributed by atoms with van der Waals surface area (Å²) in [4.78, 5) is 33.9. The number of carbonyl (C=O) groups excluding carboxylic acids is 2. The number of piperidine rings is 1. The lowest BCUT2D eigenvalue weighted by atomic mass is 9.73. The highest BCUT2D eigenvalue weighted by Gasteiger charge is 2.54. The number of aliphatic hydroxyl groups excluding tert-OH is 1. The largest absolute Gasteiger partial charge is 0.388 e. The number of H-pyrrole nitrogens is 1. The van der Waals surface area contributed by atoms with Crippen molar-refractivity contribution in [1.29, 1.82) is 0 Å². The van der Waals surface area contributed by atoms with Crippen LogP contribution in [0.1, 0.15) is 46.9 Å². The number of hydrogen-bond donors (Lipinski definition) is 3. The van der Waals surface area contributed by atoms with Crippen LogP contribution in [0.2, 0.25) is 0 Å². The summed E-state index contributed by atoms with van der Waals surface area (Å²) in [6, 6.07) is 5.04. The predicted molar refractivity (Wildman–Crippen MR) is 105 cm³/mol. The van der Waals surface area contributed by atoms with Gasteiger partial charge in [0.25, 0.3) is 11.8 Å². The Labute approximate surface area is 169 Å². The van der Waals surface area contributed by atoms with Gasteiger partial charge >= 0.3 is 0 Å². The second kappa shape index (κ2) is 7.61. The molecule has 2 aromatic rings. The molecule has 3 N–H and O–H groups in total. The van der Waals surface area contributed by atoms with E-state index in [2.05, 4.69) is 15.3 Å². The van der Waals surface area contributed by atoms with Crippen molar-refractivity contribution >= 4 is 11.8 Å². The standard InChI is InChI=1S/C21H26N4O4/c1-20(24-17(26)15-2-8-22-9-3-15)7-13-29-21(19(20)28)5-11-25(12-6-21)18(27)16-4-10-23-14-16/h2-4,8-10,14,19,23,28H,5-7,11-13H2,1H3,(H,24,26)/t19-,20+/m0/s1. The number of likely N-dealkylation sites (tertiary alicyclic amines) is 1. The summed E-state index contributed by atoms with van der Waals surface area (Å²) < 4.78 is 6.06. The van der Waals surface area contributed by atoms with Gasteiger partial charge in [-0.05, 0) is 44.4 Å². The zero-order chi connectivity index (χ0) is 20.5. The maximum absolute atomic E-state index is 12.7. The molecule has 2 aliphatic rings. The second-order valence-corrected chi connectivity index (χ2v) is 8.07. The van der Waals surface area contributed by atoms with Crippen LogP contribution in [-0.2, 0) is 4.74 Å². The fourth-order valence-electron chi connectivity index (χ4n) is 4.37. The topological polar surface area (TPSA) is 108 Å². The van der Waals surface area contributed by atoms with Gasteiger partial charge < -0.3 is 25.0 Å². The van der Waals surface area contributed by atoms with Gasteiger partial charge in [0.2, 0.25) is 0 Å². The monoisotopic (exact) mass is 398 g/mol.